The average molecular weight is 364 g/mol. The van der Waals surface area contributed by atoms with E-state index in [9.17, 15) is 9.18 Å². The molecular formula is C22H21FN2O2. The Morgan fingerprint density at radius 3 is 2.26 bits per heavy atom. The lowest BCUT2D eigenvalue weighted by Crippen LogP contribution is -2.32. The zero-order valence-corrected chi connectivity index (χ0v) is 15.1. The first kappa shape index (κ1) is 18.6. The quantitative estimate of drug-likeness (QED) is 0.666. The highest BCUT2D eigenvalue weighted by Gasteiger charge is 2.18. The molecule has 2 aromatic carbocycles. The third kappa shape index (κ3) is 5.38. The van der Waals surface area contributed by atoms with Crippen molar-refractivity contribution < 1.29 is 13.9 Å². The molecule has 5 heteroatoms. The van der Waals surface area contributed by atoms with Crippen LogP contribution >= 0.6 is 0 Å². The van der Waals surface area contributed by atoms with Crippen molar-refractivity contribution in [3.05, 3.63) is 90.0 Å². The van der Waals surface area contributed by atoms with E-state index in [1.54, 1.807) is 12.4 Å². The minimum Gasteiger partial charge on any atom is -0.481 e. The molecule has 1 atom stereocenters. The minimum absolute atomic E-state index is 0.233. The maximum absolute atomic E-state index is 13.0. The van der Waals surface area contributed by atoms with E-state index < -0.39 is 6.10 Å². The summed E-state index contributed by atoms with van der Waals surface area (Å²) >= 11 is 0. The van der Waals surface area contributed by atoms with E-state index in [2.05, 4.69) is 10.3 Å². The smallest absolute Gasteiger partial charge is 0.265 e. The molecule has 3 rings (SSSR count). The van der Waals surface area contributed by atoms with Crippen molar-refractivity contribution in [3.8, 4) is 5.75 Å². The highest BCUT2D eigenvalue weighted by molar-refractivity contribution is 5.94. The van der Waals surface area contributed by atoms with Crippen LogP contribution in [-0.2, 0) is 11.2 Å². The summed E-state index contributed by atoms with van der Waals surface area (Å²) in [6, 6.07) is 17.3. The second kappa shape index (κ2) is 8.94. The molecular weight excluding hydrogens is 343 g/mol. The van der Waals surface area contributed by atoms with E-state index >= 15 is 0 Å². The van der Waals surface area contributed by atoms with Crippen LogP contribution in [0.2, 0.25) is 0 Å². The Hall–Kier alpha value is -3.21. The molecule has 0 spiro atoms. The topological polar surface area (TPSA) is 51.2 Å². The van der Waals surface area contributed by atoms with Crippen molar-refractivity contribution in [2.75, 3.05) is 5.32 Å². The molecule has 27 heavy (non-hydrogen) atoms. The van der Waals surface area contributed by atoms with Crippen LogP contribution in [-0.4, -0.2) is 17.0 Å². The predicted octanol–water partition coefficient (Wildman–Crippen LogP) is 4.61. The number of rotatable bonds is 7. The molecule has 0 aliphatic rings. The molecule has 3 aromatic rings. The summed E-state index contributed by atoms with van der Waals surface area (Å²) in [7, 11) is 0. The van der Waals surface area contributed by atoms with Gasteiger partial charge in [-0.25, -0.2) is 4.39 Å². The van der Waals surface area contributed by atoms with Gasteiger partial charge < -0.3 is 10.1 Å². The van der Waals surface area contributed by atoms with Crippen molar-refractivity contribution >= 4 is 11.6 Å². The Morgan fingerprint density at radius 1 is 1.00 bits per heavy atom. The molecule has 1 amide bonds. The van der Waals surface area contributed by atoms with Gasteiger partial charge >= 0.3 is 0 Å². The molecule has 138 valence electrons. The molecule has 0 saturated carbocycles. The summed E-state index contributed by atoms with van der Waals surface area (Å²) in [5.41, 5.74) is 3.04. The molecule has 1 heterocycles. The van der Waals surface area contributed by atoms with Crippen LogP contribution in [0, 0.1) is 5.82 Å². The van der Waals surface area contributed by atoms with Gasteiger partial charge in [0, 0.05) is 18.1 Å². The first-order valence-corrected chi connectivity index (χ1v) is 8.85. The zero-order valence-electron chi connectivity index (χ0n) is 15.1. The zero-order chi connectivity index (χ0) is 19.1. The number of amides is 1. The van der Waals surface area contributed by atoms with E-state index in [-0.39, 0.29) is 11.7 Å². The van der Waals surface area contributed by atoms with Crippen molar-refractivity contribution in [1.82, 2.24) is 4.98 Å². The lowest BCUT2D eigenvalue weighted by atomic mass is 10.1. The number of hydrogen-bond donors (Lipinski definition) is 1. The Balaban J connectivity index is 1.59. The second-order valence-corrected chi connectivity index (χ2v) is 6.19. The van der Waals surface area contributed by atoms with Gasteiger partial charge in [0.1, 0.15) is 11.6 Å². The molecule has 0 bridgehead atoms. The Bertz CT molecular complexity index is 865. The molecule has 1 aromatic heterocycles. The van der Waals surface area contributed by atoms with Crippen molar-refractivity contribution in [1.29, 1.82) is 0 Å². The number of pyridine rings is 1. The normalized spacial score (nSPS) is 11.6. The molecule has 0 fully saturated rings. The maximum Gasteiger partial charge on any atom is 0.265 e. The van der Waals surface area contributed by atoms with Crippen LogP contribution in [0.25, 0.3) is 0 Å². The number of carbonyl (C=O) groups excluding carboxylic acids is 1. The van der Waals surface area contributed by atoms with E-state index in [1.807, 2.05) is 43.3 Å². The van der Waals surface area contributed by atoms with Crippen LogP contribution in [0.1, 0.15) is 24.5 Å². The van der Waals surface area contributed by atoms with Crippen molar-refractivity contribution in [2.24, 2.45) is 0 Å². The largest absolute Gasteiger partial charge is 0.481 e. The summed E-state index contributed by atoms with van der Waals surface area (Å²) in [6.45, 7) is 1.87. The SMILES string of the molecule is CC[C@H](Oc1ccc(F)cc1)C(=O)Nc1ccc(Cc2ccncc2)cc1. The van der Waals surface area contributed by atoms with Gasteiger partial charge in [0.05, 0.1) is 0 Å². The van der Waals surface area contributed by atoms with Crippen LogP contribution < -0.4 is 10.1 Å². The summed E-state index contributed by atoms with van der Waals surface area (Å²) in [5, 5.41) is 2.87. The van der Waals surface area contributed by atoms with E-state index in [0.29, 0.717) is 17.9 Å². The highest BCUT2D eigenvalue weighted by Crippen LogP contribution is 2.17. The number of nitrogens with zero attached hydrogens (tertiary/aromatic N) is 1. The number of benzene rings is 2. The lowest BCUT2D eigenvalue weighted by Gasteiger charge is -2.17. The van der Waals surface area contributed by atoms with Gasteiger partial charge in [0.2, 0.25) is 0 Å². The first-order valence-electron chi connectivity index (χ1n) is 8.85. The Labute approximate surface area is 158 Å². The lowest BCUT2D eigenvalue weighted by molar-refractivity contribution is -0.122. The molecule has 0 radical (unpaired) electrons. The summed E-state index contributed by atoms with van der Waals surface area (Å²) in [5.74, 6) is -0.110. The van der Waals surface area contributed by atoms with E-state index in [0.717, 1.165) is 12.0 Å². The van der Waals surface area contributed by atoms with E-state index in [1.165, 1.54) is 29.8 Å². The highest BCUT2D eigenvalue weighted by atomic mass is 19.1. The number of nitrogens with one attached hydrogen (secondary N) is 1. The minimum atomic E-state index is -0.646. The third-order valence-corrected chi connectivity index (χ3v) is 4.13. The van der Waals surface area contributed by atoms with Crippen LogP contribution in [0.5, 0.6) is 5.75 Å². The van der Waals surface area contributed by atoms with Crippen LogP contribution in [0.4, 0.5) is 10.1 Å². The standard InChI is InChI=1S/C22H21FN2O2/c1-2-21(27-20-9-5-18(23)6-10-20)22(26)25-19-7-3-16(4-8-19)15-17-11-13-24-14-12-17/h3-14,21H,2,15H2,1H3,(H,25,26)/t21-/m0/s1. The van der Waals surface area contributed by atoms with E-state index in [4.69, 9.17) is 4.74 Å². The fourth-order valence-corrected chi connectivity index (χ4v) is 2.66. The number of anilines is 1. The molecule has 4 nitrogen and oxygen atoms in total. The number of aromatic nitrogens is 1. The van der Waals surface area contributed by atoms with Gasteiger partial charge in [-0.3, -0.25) is 9.78 Å². The van der Waals surface area contributed by atoms with Gasteiger partial charge in [-0.2, -0.15) is 0 Å². The van der Waals surface area contributed by atoms with Crippen molar-refractivity contribution in [2.45, 2.75) is 25.9 Å². The Kier molecular flexibility index (Phi) is 6.15. The second-order valence-electron chi connectivity index (χ2n) is 6.19. The molecule has 0 aliphatic heterocycles. The third-order valence-electron chi connectivity index (χ3n) is 4.13. The summed E-state index contributed by atoms with van der Waals surface area (Å²) < 4.78 is 18.7. The van der Waals surface area contributed by atoms with Gasteiger partial charge in [-0.05, 0) is 72.5 Å². The number of ether oxygens (including phenoxy) is 1. The molecule has 1 N–H and O–H groups in total. The van der Waals surface area contributed by atoms with Crippen molar-refractivity contribution in [3.63, 3.8) is 0 Å². The van der Waals surface area contributed by atoms with Gasteiger partial charge in [0.15, 0.2) is 6.10 Å². The predicted molar refractivity (Wildman–Crippen MR) is 103 cm³/mol. The maximum atomic E-state index is 13.0. The van der Waals surface area contributed by atoms with Crippen LogP contribution in [0.15, 0.2) is 73.1 Å². The number of halogens is 1. The number of carbonyl (C=O) groups is 1. The average Bonchev–Trinajstić information content (AvgIpc) is 2.70. The summed E-state index contributed by atoms with van der Waals surface area (Å²) in [4.78, 5) is 16.5. The Morgan fingerprint density at radius 2 is 1.63 bits per heavy atom. The number of hydrogen-bond acceptors (Lipinski definition) is 3. The summed E-state index contributed by atoms with van der Waals surface area (Å²) in [6.07, 6.45) is 4.21. The van der Waals surface area contributed by atoms with Gasteiger partial charge in [-0.15, -0.1) is 0 Å². The fourth-order valence-electron chi connectivity index (χ4n) is 2.66. The molecule has 0 aliphatic carbocycles. The van der Waals surface area contributed by atoms with Crippen LogP contribution in [0.3, 0.4) is 0 Å². The van der Waals surface area contributed by atoms with Gasteiger partial charge in [0.25, 0.3) is 5.91 Å². The molecule has 0 unspecified atom stereocenters. The fraction of sp³-hybridized carbons (Fsp3) is 0.182. The first-order chi connectivity index (χ1) is 13.1. The molecule has 0 saturated heterocycles. The monoisotopic (exact) mass is 364 g/mol. The van der Waals surface area contributed by atoms with Gasteiger partial charge in [-0.1, -0.05) is 19.1 Å².